The number of halogens is 1. The first-order chi connectivity index (χ1) is 11.5. The van der Waals surface area contributed by atoms with Crippen LogP contribution in [0.5, 0.6) is 5.75 Å². The van der Waals surface area contributed by atoms with Crippen LogP contribution in [0.1, 0.15) is 5.56 Å². The molecule has 0 saturated heterocycles. The number of ether oxygens (including phenoxy) is 1. The number of rotatable bonds is 7. The summed E-state index contributed by atoms with van der Waals surface area (Å²) >= 11 is 2.01. The molecule has 0 radical (unpaired) electrons. The zero-order valence-electron chi connectivity index (χ0n) is 12.0. The first kappa shape index (κ1) is 17.6. The average molecular weight is 442 g/mol. The second-order valence-corrected chi connectivity index (χ2v) is 5.53. The van der Waals surface area contributed by atoms with Crippen LogP contribution in [0.3, 0.4) is 0 Å². The molecule has 0 unspecified atom stereocenters. The Labute approximate surface area is 149 Å². The lowest BCUT2D eigenvalue weighted by molar-refractivity contribution is -0.384. The highest BCUT2D eigenvalue weighted by Crippen LogP contribution is 2.22. The Morgan fingerprint density at radius 2 is 2.29 bits per heavy atom. The van der Waals surface area contributed by atoms with E-state index in [1.807, 2.05) is 22.6 Å². The maximum Gasteiger partial charge on any atom is 0.341 e. The molecule has 0 bridgehead atoms. The molecule has 0 aliphatic heterocycles. The summed E-state index contributed by atoms with van der Waals surface area (Å²) in [7, 11) is 0. The minimum atomic E-state index is -1.06. The van der Waals surface area contributed by atoms with E-state index in [1.165, 1.54) is 24.5 Å². The average Bonchev–Trinajstić information content (AvgIpc) is 2.54. The maximum absolute atomic E-state index is 10.9. The molecule has 0 saturated carbocycles. The minimum Gasteiger partial charge on any atom is -0.481 e. The zero-order valence-corrected chi connectivity index (χ0v) is 14.2. The number of nitrogens with one attached hydrogen (secondary N) is 1. The number of pyridine rings is 1. The molecule has 2 N–H and O–H groups in total. The van der Waals surface area contributed by atoms with Crippen molar-refractivity contribution >= 4 is 46.3 Å². The van der Waals surface area contributed by atoms with Crippen LogP contribution in [-0.2, 0) is 4.79 Å². The van der Waals surface area contributed by atoms with E-state index in [1.54, 1.807) is 18.2 Å². The van der Waals surface area contributed by atoms with Crippen molar-refractivity contribution in [2.45, 2.75) is 0 Å². The molecule has 10 heteroatoms. The van der Waals surface area contributed by atoms with Crippen LogP contribution in [0.4, 0.5) is 11.5 Å². The van der Waals surface area contributed by atoms with Crippen molar-refractivity contribution in [3.63, 3.8) is 0 Å². The van der Waals surface area contributed by atoms with Gasteiger partial charge in [-0.05, 0) is 52.4 Å². The zero-order chi connectivity index (χ0) is 17.5. The third-order valence-electron chi connectivity index (χ3n) is 2.67. The van der Waals surface area contributed by atoms with Gasteiger partial charge >= 0.3 is 11.7 Å². The number of nitrogens with zero attached hydrogens (tertiary/aromatic N) is 3. The standard InChI is InChI=1S/C14H11IN4O5/c15-10-6-9(3-4-12(10)24-8-13(20)21)7-17-18-14-11(19(22)23)2-1-5-16-14/h1-7H,8H2,(H,16,18)(H,20,21)/b17-7-. The number of benzene rings is 1. The lowest BCUT2D eigenvalue weighted by Crippen LogP contribution is -2.10. The SMILES string of the molecule is O=C(O)COc1ccc(/C=N\Nc2ncccc2[N+](=O)[O-])cc1I. The summed E-state index contributed by atoms with van der Waals surface area (Å²) in [5, 5.41) is 23.4. The van der Waals surface area contributed by atoms with E-state index < -0.39 is 17.5 Å². The molecular formula is C14H11IN4O5. The molecule has 0 atom stereocenters. The van der Waals surface area contributed by atoms with Gasteiger partial charge in [0.25, 0.3) is 0 Å². The fourth-order valence-corrected chi connectivity index (χ4v) is 2.35. The summed E-state index contributed by atoms with van der Waals surface area (Å²) in [6, 6.07) is 7.82. The van der Waals surface area contributed by atoms with Crippen molar-refractivity contribution in [2.24, 2.45) is 5.10 Å². The molecule has 1 heterocycles. The van der Waals surface area contributed by atoms with Crippen LogP contribution in [0.2, 0.25) is 0 Å². The Morgan fingerprint density at radius 1 is 1.50 bits per heavy atom. The predicted octanol–water partition coefficient (Wildman–Crippen LogP) is 2.50. The highest BCUT2D eigenvalue weighted by molar-refractivity contribution is 14.1. The molecule has 0 amide bonds. The Hall–Kier alpha value is -2.76. The van der Waals surface area contributed by atoms with E-state index >= 15 is 0 Å². The number of anilines is 1. The molecular weight excluding hydrogens is 431 g/mol. The van der Waals surface area contributed by atoms with Gasteiger partial charge in [-0.1, -0.05) is 0 Å². The van der Waals surface area contributed by atoms with Crippen molar-refractivity contribution in [3.8, 4) is 5.75 Å². The molecule has 24 heavy (non-hydrogen) atoms. The van der Waals surface area contributed by atoms with Gasteiger partial charge in [-0.15, -0.1) is 0 Å². The summed E-state index contributed by atoms with van der Waals surface area (Å²) in [5.74, 6) is -0.573. The van der Waals surface area contributed by atoms with Crippen molar-refractivity contribution in [1.29, 1.82) is 0 Å². The second kappa shape index (κ2) is 8.19. The molecule has 2 aromatic rings. The van der Waals surface area contributed by atoms with E-state index in [4.69, 9.17) is 9.84 Å². The van der Waals surface area contributed by atoms with Crippen molar-refractivity contribution < 1.29 is 19.6 Å². The van der Waals surface area contributed by atoms with E-state index in [0.717, 1.165) is 0 Å². The lowest BCUT2D eigenvalue weighted by atomic mass is 10.2. The summed E-state index contributed by atoms with van der Waals surface area (Å²) in [6.45, 7) is -0.422. The number of nitro groups is 1. The van der Waals surface area contributed by atoms with Gasteiger partial charge < -0.3 is 9.84 Å². The predicted molar refractivity (Wildman–Crippen MR) is 94.4 cm³/mol. The second-order valence-electron chi connectivity index (χ2n) is 4.37. The minimum absolute atomic E-state index is 0.0369. The molecule has 2 rings (SSSR count). The third kappa shape index (κ3) is 4.87. The van der Waals surface area contributed by atoms with E-state index in [9.17, 15) is 14.9 Å². The summed E-state index contributed by atoms with van der Waals surface area (Å²) < 4.78 is 5.83. The molecule has 0 fully saturated rings. The van der Waals surface area contributed by atoms with Gasteiger partial charge in [0.1, 0.15) is 5.75 Å². The van der Waals surface area contributed by atoms with Crippen LogP contribution in [0.15, 0.2) is 41.6 Å². The number of aromatic nitrogens is 1. The molecule has 1 aromatic carbocycles. The van der Waals surface area contributed by atoms with Gasteiger partial charge in [-0.25, -0.2) is 9.78 Å². The fourth-order valence-electron chi connectivity index (χ4n) is 1.65. The molecule has 9 nitrogen and oxygen atoms in total. The van der Waals surface area contributed by atoms with Crippen LogP contribution in [-0.4, -0.2) is 33.8 Å². The lowest BCUT2D eigenvalue weighted by Gasteiger charge is -2.06. The van der Waals surface area contributed by atoms with Gasteiger partial charge in [0, 0.05) is 12.3 Å². The Morgan fingerprint density at radius 3 is 2.96 bits per heavy atom. The maximum atomic E-state index is 10.9. The van der Waals surface area contributed by atoms with Gasteiger partial charge in [-0.3, -0.25) is 15.5 Å². The number of hydrazone groups is 1. The molecule has 0 aliphatic rings. The first-order valence-corrected chi connectivity index (χ1v) is 7.58. The van der Waals surface area contributed by atoms with E-state index in [2.05, 4.69) is 15.5 Å². The largest absolute Gasteiger partial charge is 0.481 e. The highest BCUT2D eigenvalue weighted by atomic mass is 127. The van der Waals surface area contributed by atoms with Crippen LogP contribution < -0.4 is 10.2 Å². The number of carboxylic acids is 1. The van der Waals surface area contributed by atoms with Crippen molar-refractivity contribution in [2.75, 3.05) is 12.0 Å². The molecule has 1 aromatic heterocycles. The van der Waals surface area contributed by atoms with E-state index in [0.29, 0.717) is 14.9 Å². The van der Waals surface area contributed by atoms with Gasteiger partial charge in [0.05, 0.1) is 14.7 Å². The number of aliphatic carboxylic acids is 1. The van der Waals surface area contributed by atoms with Crippen LogP contribution >= 0.6 is 22.6 Å². The smallest absolute Gasteiger partial charge is 0.341 e. The molecule has 0 aliphatic carbocycles. The first-order valence-electron chi connectivity index (χ1n) is 6.50. The summed E-state index contributed by atoms with van der Waals surface area (Å²) in [5.41, 5.74) is 3.05. The Bertz CT molecular complexity index is 796. The van der Waals surface area contributed by atoms with Crippen LogP contribution in [0, 0.1) is 13.7 Å². The number of carboxylic acid groups (broad SMARTS) is 1. The van der Waals surface area contributed by atoms with Gasteiger partial charge in [-0.2, -0.15) is 5.10 Å². The normalized spacial score (nSPS) is 10.5. The summed E-state index contributed by atoms with van der Waals surface area (Å²) in [6.07, 6.45) is 2.88. The topological polar surface area (TPSA) is 127 Å². The number of hydrogen-bond donors (Lipinski definition) is 2. The molecule has 124 valence electrons. The molecule has 0 spiro atoms. The fraction of sp³-hybridized carbons (Fsp3) is 0.0714. The Kier molecular flexibility index (Phi) is 6.01. The number of carbonyl (C=O) groups is 1. The van der Waals surface area contributed by atoms with Crippen molar-refractivity contribution in [1.82, 2.24) is 4.98 Å². The quantitative estimate of drug-likeness (QED) is 0.292. The van der Waals surface area contributed by atoms with Crippen molar-refractivity contribution in [3.05, 3.63) is 55.8 Å². The monoisotopic (exact) mass is 442 g/mol. The highest BCUT2D eigenvalue weighted by Gasteiger charge is 2.12. The van der Waals surface area contributed by atoms with E-state index in [-0.39, 0.29) is 11.5 Å². The Balaban J connectivity index is 2.06. The van der Waals surface area contributed by atoms with Gasteiger partial charge in [0.2, 0.25) is 5.82 Å². The number of hydrogen-bond acceptors (Lipinski definition) is 7. The summed E-state index contributed by atoms with van der Waals surface area (Å²) in [4.78, 5) is 24.7. The van der Waals surface area contributed by atoms with Gasteiger partial charge in [0.15, 0.2) is 6.61 Å². The van der Waals surface area contributed by atoms with Crippen LogP contribution in [0.25, 0.3) is 0 Å². The third-order valence-corrected chi connectivity index (χ3v) is 3.52.